The Hall–Kier alpha value is -2.50. The summed E-state index contributed by atoms with van der Waals surface area (Å²) in [5.41, 5.74) is 2.01. The van der Waals surface area contributed by atoms with E-state index in [1.165, 1.54) is 0 Å². The molecule has 0 saturated heterocycles. The minimum absolute atomic E-state index is 0.161. The number of hydrogen-bond acceptors (Lipinski definition) is 3. The highest BCUT2D eigenvalue weighted by Gasteiger charge is 2.29. The van der Waals surface area contributed by atoms with Crippen molar-refractivity contribution < 1.29 is 14.3 Å². The van der Waals surface area contributed by atoms with Crippen LogP contribution in [0.4, 0.5) is 4.79 Å². The van der Waals surface area contributed by atoms with Crippen molar-refractivity contribution in [3.63, 3.8) is 0 Å². The molecule has 1 heterocycles. The molecule has 1 aromatic carbocycles. The molecule has 2 aromatic rings. The molecule has 23 heavy (non-hydrogen) atoms. The maximum Gasteiger partial charge on any atom is 0.407 e. The molecular weight excluding hydrogens is 294 g/mol. The van der Waals surface area contributed by atoms with Gasteiger partial charge >= 0.3 is 6.09 Å². The fraction of sp³-hybridized carbons (Fsp3) is 0.412. The zero-order chi connectivity index (χ0) is 16.2. The molecule has 0 aliphatic heterocycles. The minimum Gasteiger partial charge on any atom is -0.450 e. The lowest BCUT2D eigenvalue weighted by Crippen LogP contribution is -2.48. The van der Waals surface area contributed by atoms with Gasteiger partial charge in [-0.25, -0.2) is 4.79 Å². The first kappa shape index (κ1) is 15.4. The highest BCUT2D eigenvalue weighted by molar-refractivity contribution is 5.88. The number of carbonyl (C=O) groups is 2. The van der Waals surface area contributed by atoms with E-state index < -0.39 is 12.1 Å². The Morgan fingerprint density at radius 3 is 2.87 bits per heavy atom. The van der Waals surface area contributed by atoms with Crippen LogP contribution in [0.5, 0.6) is 0 Å². The SMILES string of the molecule is CCOC(=O)N[C@@H](Cc1c[nH]c2ccccc12)C(=O)NC1CC1. The first-order valence-corrected chi connectivity index (χ1v) is 7.96. The molecule has 1 atom stereocenters. The van der Waals surface area contributed by atoms with E-state index in [0.717, 1.165) is 29.3 Å². The van der Waals surface area contributed by atoms with Gasteiger partial charge in [0.05, 0.1) is 6.61 Å². The van der Waals surface area contributed by atoms with E-state index in [9.17, 15) is 9.59 Å². The number of benzene rings is 1. The number of alkyl carbamates (subject to hydrolysis) is 1. The lowest BCUT2D eigenvalue weighted by molar-refractivity contribution is -0.123. The molecular formula is C17H21N3O3. The number of rotatable bonds is 6. The predicted octanol–water partition coefficient (Wildman–Crippen LogP) is 2.10. The molecule has 122 valence electrons. The molecule has 6 nitrogen and oxygen atoms in total. The highest BCUT2D eigenvalue weighted by atomic mass is 16.5. The average molecular weight is 315 g/mol. The van der Waals surface area contributed by atoms with Gasteiger partial charge in [0.1, 0.15) is 6.04 Å². The summed E-state index contributed by atoms with van der Waals surface area (Å²) in [6.45, 7) is 2.01. The number of para-hydroxylation sites is 1. The fourth-order valence-corrected chi connectivity index (χ4v) is 2.57. The van der Waals surface area contributed by atoms with Crippen LogP contribution in [0, 0.1) is 0 Å². The van der Waals surface area contributed by atoms with Crippen molar-refractivity contribution in [3.05, 3.63) is 36.0 Å². The maximum atomic E-state index is 12.4. The van der Waals surface area contributed by atoms with Crippen LogP contribution in [0.3, 0.4) is 0 Å². The maximum absolute atomic E-state index is 12.4. The molecule has 0 unspecified atom stereocenters. The number of amides is 2. The van der Waals surface area contributed by atoms with Crippen LogP contribution in [0.1, 0.15) is 25.3 Å². The Bertz CT molecular complexity index is 706. The van der Waals surface area contributed by atoms with Crippen LogP contribution in [0.15, 0.2) is 30.5 Å². The second-order valence-corrected chi connectivity index (χ2v) is 5.76. The van der Waals surface area contributed by atoms with Crippen molar-refractivity contribution in [2.75, 3.05) is 6.61 Å². The number of hydrogen-bond donors (Lipinski definition) is 3. The number of nitrogens with one attached hydrogen (secondary N) is 3. The van der Waals surface area contributed by atoms with E-state index in [4.69, 9.17) is 4.74 Å². The number of aromatic amines is 1. The zero-order valence-electron chi connectivity index (χ0n) is 13.1. The third kappa shape index (κ3) is 3.83. The summed E-state index contributed by atoms with van der Waals surface area (Å²) < 4.78 is 4.91. The van der Waals surface area contributed by atoms with Crippen molar-refractivity contribution in [1.82, 2.24) is 15.6 Å². The molecule has 6 heteroatoms. The number of carbonyl (C=O) groups excluding carboxylic acids is 2. The van der Waals surface area contributed by atoms with Gasteiger partial charge in [0.2, 0.25) is 5.91 Å². The van der Waals surface area contributed by atoms with Crippen LogP contribution in [0.25, 0.3) is 10.9 Å². The Balaban J connectivity index is 1.76. The van der Waals surface area contributed by atoms with E-state index in [-0.39, 0.29) is 18.6 Å². The number of ether oxygens (including phenoxy) is 1. The summed E-state index contributed by atoms with van der Waals surface area (Å²) in [6.07, 6.45) is 3.75. The number of H-pyrrole nitrogens is 1. The normalized spacial score (nSPS) is 15.2. The standard InChI is InChI=1S/C17H21N3O3/c1-2-23-17(22)20-15(16(21)19-12-7-8-12)9-11-10-18-14-6-4-3-5-13(11)14/h3-6,10,12,15,18H,2,7-9H2,1H3,(H,19,21)(H,20,22)/t15-/m0/s1. The van der Waals surface area contributed by atoms with Gasteiger partial charge in [0.25, 0.3) is 0 Å². The van der Waals surface area contributed by atoms with Gasteiger partial charge in [-0.3, -0.25) is 4.79 Å². The van der Waals surface area contributed by atoms with Crippen molar-refractivity contribution in [3.8, 4) is 0 Å². The van der Waals surface area contributed by atoms with E-state index in [1.807, 2.05) is 30.5 Å². The van der Waals surface area contributed by atoms with Crippen LogP contribution < -0.4 is 10.6 Å². The molecule has 1 saturated carbocycles. The van der Waals surface area contributed by atoms with E-state index in [1.54, 1.807) is 6.92 Å². The van der Waals surface area contributed by atoms with E-state index in [2.05, 4.69) is 15.6 Å². The van der Waals surface area contributed by atoms with E-state index >= 15 is 0 Å². The van der Waals surface area contributed by atoms with E-state index in [0.29, 0.717) is 6.42 Å². The van der Waals surface area contributed by atoms with Gasteiger partial charge in [0, 0.05) is 29.6 Å². The summed E-state index contributed by atoms with van der Waals surface area (Å²) in [5, 5.41) is 6.67. The van der Waals surface area contributed by atoms with Crippen LogP contribution in [0.2, 0.25) is 0 Å². The molecule has 3 N–H and O–H groups in total. The lowest BCUT2D eigenvalue weighted by Gasteiger charge is -2.18. The largest absolute Gasteiger partial charge is 0.450 e. The fourth-order valence-electron chi connectivity index (χ4n) is 2.57. The minimum atomic E-state index is -0.645. The molecule has 1 aromatic heterocycles. The third-order valence-electron chi connectivity index (χ3n) is 3.91. The quantitative estimate of drug-likeness (QED) is 0.763. The van der Waals surface area contributed by atoms with Gasteiger partial charge in [-0.2, -0.15) is 0 Å². The predicted molar refractivity (Wildman–Crippen MR) is 87.1 cm³/mol. The van der Waals surface area contributed by atoms with Crippen molar-refractivity contribution in [2.24, 2.45) is 0 Å². The number of fused-ring (bicyclic) bond motifs is 1. The number of aromatic nitrogens is 1. The monoisotopic (exact) mass is 315 g/mol. The first-order valence-electron chi connectivity index (χ1n) is 7.96. The molecule has 0 spiro atoms. The smallest absolute Gasteiger partial charge is 0.407 e. The van der Waals surface area contributed by atoms with Gasteiger partial charge in [0.15, 0.2) is 0 Å². The third-order valence-corrected chi connectivity index (χ3v) is 3.91. The Kier molecular flexibility index (Phi) is 4.50. The Morgan fingerprint density at radius 2 is 2.13 bits per heavy atom. The summed E-state index contributed by atoms with van der Waals surface area (Å²) in [7, 11) is 0. The van der Waals surface area contributed by atoms with Crippen LogP contribution in [-0.4, -0.2) is 35.7 Å². The summed E-state index contributed by atoms with van der Waals surface area (Å²) in [4.78, 5) is 27.3. The highest BCUT2D eigenvalue weighted by Crippen LogP contribution is 2.21. The summed E-state index contributed by atoms with van der Waals surface area (Å²) >= 11 is 0. The van der Waals surface area contributed by atoms with Gasteiger partial charge in [-0.1, -0.05) is 18.2 Å². The van der Waals surface area contributed by atoms with Gasteiger partial charge < -0.3 is 20.4 Å². The Labute approximate surface area is 134 Å². The second kappa shape index (κ2) is 6.73. The second-order valence-electron chi connectivity index (χ2n) is 5.76. The van der Waals surface area contributed by atoms with Crippen LogP contribution >= 0.6 is 0 Å². The molecule has 1 fully saturated rings. The van der Waals surface area contributed by atoms with Crippen molar-refractivity contribution >= 4 is 22.9 Å². The zero-order valence-corrected chi connectivity index (χ0v) is 13.1. The topological polar surface area (TPSA) is 83.2 Å². The Morgan fingerprint density at radius 1 is 1.35 bits per heavy atom. The summed E-state index contributed by atoms with van der Waals surface area (Å²) in [5.74, 6) is -0.161. The van der Waals surface area contributed by atoms with Crippen molar-refractivity contribution in [2.45, 2.75) is 38.3 Å². The molecule has 1 aliphatic carbocycles. The lowest BCUT2D eigenvalue weighted by atomic mass is 10.0. The molecule has 1 aliphatic rings. The molecule has 0 bridgehead atoms. The molecule has 3 rings (SSSR count). The average Bonchev–Trinajstić information content (AvgIpc) is 3.26. The molecule has 2 amide bonds. The molecule has 0 radical (unpaired) electrons. The van der Waals surface area contributed by atoms with Crippen LogP contribution in [-0.2, 0) is 16.0 Å². The van der Waals surface area contributed by atoms with Crippen molar-refractivity contribution in [1.29, 1.82) is 0 Å². The summed E-state index contributed by atoms with van der Waals surface area (Å²) in [6, 6.07) is 7.50. The van der Waals surface area contributed by atoms with Gasteiger partial charge in [-0.05, 0) is 31.4 Å². The van der Waals surface area contributed by atoms with Gasteiger partial charge in [-0.15, -0.1) is 0 Å². The first-order chi connectivity index (χ1) is 11.2.